The molecule has 1 fully saturated rings. The van der Waals surface area contributed by atoms with Gasteiger partial charge in [0.2, 0.25) is 5.88 Å². The van der Waals surface area contributed by atoms with E-state index in [2.05, 4.69) is 27.8 Å². The topological polar surface area (TPSA) is 76.1 Å². The molecule has 2 aromatic heterocycles. The smallest absolute Gasteiger partial charge is 0.257 e. The molecule has 2 aromatic carbocycles. The first kappa shape index (κ1) is 22.2. The molecule has 2 N–H and O–H groups in total. The van der Waals surface area contributed by atoms with Crippen LogP contribution < -0.4 is 15.4 Å². The van der Waals surface area contributed by atoms with E-state index in [4.69, 9.17) is 21.3 Å². The summed E-state index contributed by atoms with van der Waals surface area (Å²) in [6.07, 6.45) is 5.32. The van der Waals surface area contributed by atoms with Crippen LogP contribution in [0.4, 0.5) is 5.82 Å². The SMILES string of the molecule is O=C(NC1CCC(Nc2ccc3ccccc3n2)CC1)c1cccnc1Oc1ccc(Cl)cc1. The Morgan fingerprint density at radius 1 is 0.882 bits per heavy atom. The summed E-state index contributed by atoms with van der Waals surface area (Å²) in [6.45, 7) is 0. The number of hydrogen-bond donors (Lipinski definition) is 2. The predicted molar refractivity (Wildman–Crippen MR) is 135 cm³/mol. The fourth-order valence-corrected chi connectivity index (χ4v) is 4.39. The van der Waals surface area contributed by atoms with Gasteiger partial charge in [-0.1, -0.05) is 29.8 Å². The van der Waals surface area contributed by atoms with Crippen molar-refractivity contribution >= 4 is 34.2 Å². The van der Waals surface area contributed by atoms with Gasteiger partial charge in [0.15, 0.2) is 0 Å². The molecular weight excluding hydrogens is 448 g/mol. The zero-order valence-corrected chi connectivity index (χ0v) is 19.3. The molecule has 7 heteroatoms. The first-order chi connectivity index (χ1) is 16.6. The molecule has 1 saturated carbocycles. The van der Waals surface area contributed by atoms with Crippen LogP contribution >= 0.6 is 11.6 Å². The van der Waals surface area contributed by atoms with Crippen LogP contribution in [-0.4, -0.2) is 28.0 Å². The number of fused-ring (bicyclic) bond motifs is 1. The summed E-state index contributed by atoms with van der Waals surface area (Å²) in [5.41, 5.74) is 1.40. The maximum atomic E-state index is 13.0. The summed E-state index contributed by atoms with van der Waals surface area (Å²) in [4.78, 5) is 22.0. The van der Waals surface area contributed by atoms with Gasteiger partial charge in [0, 0.05) is 28.7 Å². The minimum atomic E-state index is -0.176. The highest BCUT2D eigenvalue weighted by Crippen LogP contribution is 2.26. The molecule has 0 aliphatic heterocycles. The number of anilines is 1. The van der Waals surface area contributed by atoms with E-state index in [1.165, 1.54) is 0 Å². The molecule has 34 heavy (non-hydrogen) atoms. The van der Waals surface area contributed by atoms with Gasteiger partial charge in [-0.05, 0) is 80.3 Å². The van der Waals surface area contributed by atoms with Gasteiger partial charge in [-0.3, -0.25) is 4.79 Å². The molecule has 1 amide bonds. The maximum absolute atomic E-state index is 13.0. The fourth-order valence-electron chi connectivity index (χ4n) is 4.26. The number of ether oxygens (including phenoxy) is 1. The van der Waals surface area contributed by atoms with E-state index in [9.17, 15) is 4.79 Å². The van der Waals surface area contributed by atoms with Crippen molar-refractivity contribution in [3.63, 3.8) is 0 Å². The number of pyridine rings is 2. The van der Waals surface area contributed by atoms with Crippen LogP contribution in [0.1, 0.15) is 36.0 Å². The Bertz CT molecular complexity index is 1290. The Morgan fingerprint density at radius 2 is 1.65 bits per heavy atom. The largest absolute Gasteiger partial charge is 0.438 e. The van der Waals surface area contributed by atoms with Crippen LogP contribution in [-0.2, 0) is 0 Å². The van der Waals surface area contributed by atoms with Gasteiger partial charge >= 0.3 is 0 Å². The molecule has 0 spiro atoms. The third-order valence-corrected chi connectivity index (χ3v) is 6.31. The number of amides is 1. The van der Waals surface area contributed by atoms with Gasteiger partial charge in [-0.15, -0.1) is 0 Å². The first-order valence-electron chi connectivity index (χ1n) is 11.5. The van der Waals surface area contributed by atoms with Crippen molar-refractivity contribution in [1.82, 2.24) is 15.3 Å². The fraction of sp³-hybridized carbons (Fsp3) is 0.222. The van der Waals surface area contributed by atoms with Crippen LogP contribution in [0.5, 0.6) is 11.6 Å². The van der Waals surface area contributed by atoms with Crippen molar-refractivity contribution in [3.05, 3.63) is 89.6 Å². The van der Waals surface area contributed by atoms with Crippen molar-refractivity contribution in [2.24, 2.45) is 0 Å². The minimum Gasteiger partial charge on any atom is -0.438 e. The van der Waals surface area contributed by atoms with E-state index in [1.54, 1.807) is 42.6 Å². The van der Waals surface area contributed by atoms with Crippen LogP contribution in [0.3, 0.4) is 0 Å². The molecule has 0 radical (unpaired) electrons. The van der Waals surface area contributed by atoms with Crippen molar-refractivity contribution < 1.29 is 9.53 Å². The molecule has 1 aliphatic carbocycles. The van der Waals surface area contributed by atoms with E-state index in [1.807, 2.05) is 24.3 Å². The minimum absolute atomic E-state index is 0.110. The second-order valence-electron chi connectivity index (χ2n) is 8.47. The zero-order chi connectivity index (χ0) is 23.3. The molecule has 4 aromatic rings. The Hall–Kier alpha value is -3.64. The third-order valence-electron chi connectivity index (χ3n) is 6.06. The second kappa shape index (κ2) is 10.1. The van der Waals surface area contributed by atoms with Gasteiger partial charge in [-0.25, -0.2) is 9.97 Å². The average molecular weight is 473 g/mol. The van der Waals surface area contributed by atoms with E-state index >= 15 is 0 Å². The Morgan fingerprint density at radius 3 is 2.47 bits per heavy atom. The third kappa shape index (κ3) is 5.29. The quantitative estimate of drug-likeness (QED) is 0.348. The molecular formula is C27H25ClN4O2. The molecule has 6 nitrogen and oxygen atoms in total. The van der Waals surface area contributed by atoms with E-state index in [0.29, 0.717) is 22.4 Å². The van der Waals surface area contributed by atoms with Gasteiger partial charge < -0.3 is 15.4 Å². The number of carbonyl (C=O) groups excluding carboxylic acids is 1. The first-order valence-corrected chi connectivity index (χ1v) is 11.8. The predicted octanol–water partition coefficient (Wildman–Crippen LogP) is 6.23. The molecule has 0 atom stereocenters. The van der Waals surface area contributed by atoms with Crippen LogP contribution in [0.2, 0.25) is 5.02 Å². The van der Waals surface area contributed by atoms with Crippen LogP contribution in [0, 0.1) is 0 Å². The number of nitrogens with zero attached hydrogens (tertiary/aromatic N) is 2. The molecule has 2 heterocycles. The van der Waals surface area contributed by atoms with Crippen LogP contribution in [0.15, 0.2) is 79.0 Å². The van der Waals surface area contributed by atoms with Gasteiger partial charge in [0.05, 0.1) is 5.52 Å². The molecule has 0 unspecified atom stereocenters. The lowest BCUT2D eigenvalue weighted by Crippen LogP contribution is -2.40. The second-order valence-corrected chi connectivity index (χ2v) is 8.90. The summed E-state index contributed by atoms with van der Waals surface area (Å²) in [5, 5.41) is 8.46. The van der Waals surface area contributed by atoms with Crippen molar-refractivity contribution in [3.8, 4) is 11.6 Å². The Kier molecular flexibility index (Phi) is 6.58. The number of carbonyl (C=O) groups is 1. The van der Waals surface area contributed by atoms with Crippen molar-refractivity contribution in [2.75, 3.05) is 5.32 Å². The van der Waals surface area contributed by atoms with Gasteiger partial charge in [-0.2, -0.15) is 0 Å². The lowest BCUT2D eigenvalue weighted by molar-refractivity contribution is 0.0923. The monoisotopic (exact) mass is 472 g/mol. The average Bonchev–Trinajstić information content (AvgIpc) is 2.87. The number of para-hydroxylation sites is 1. The van der Waals surface area contributed by atoms with Crippen LogP contribution in [0.25, 0.3) is 10.9 Å². The van der Waals surface area contributed by atoms with Gasteiger partial charge in [0.25, 0.3) is 5.91 Å². The van der Waals surface area contributed by atoms with Gasteiger partial charge in [0.1, 0.15) is 17.1 Å². The molecule has 172 valence electrons. The number of hydrogen-bond acceptors (Lipinski definition) is 5. The highest BCUT2D eigenvalue weighted by atomic mass is 35.5. The summed E-state index contributed by atoms with van der Waals surface area (Å²) in [6, 6.07) is 23.1. The summed E-state index contributed by atoms with van der Waals surface area (Å²) < 4.78 is 5.84. The maximum Gasteiger partial charge on any atom is 0.257 e. The molecule has 0 saturated heterocycles. The van der Waals surface area contributed by atoms with E-state index in [-0.39, 0.29) is 17.8 Å². The summed E-state index contributed by atoms with van der Waals surface area (Å²) in [5.74, 6) is 1.57. The number of aromatic nitrogens is 2. The van der Waals surface area contributed by atoms with E-state index in [0.717, 1.165) is 42.4 Å². The van der Waals surface area contributed by atoms with E-state index < -0.39 is 0 Å². The highest BCUT2D eigenvalue weighted by molar-refractivity contribution is 6.30. The summed E-state index contributed by atoms with van der Waals surface area (Å²) >= 11 is 5.94. The number of rotatable bonds is 6. The zero-order valence-electron chi connectivity index (χ0n) is 18.6. The summed E-state index contributed by atoms with van der Waals surface area (Å²) in [7, 11) is 0. The lowest BCUT2D eigenvalue weighted by Gasteiger charge is -2.30. The Labute approximate surface area is 203 Å². The highest BCUT2D eigenvalue weighted by Gasteiger charge is 2.24. The number of halogens is 1. The lowest BCUT2D eigenvalue weighted by atomic mass is 9.91. The standard InChI is InChI=1S/C27H25ClN4O2/c28-19-8-14-22(15-9-19)34-27-23(5-3-17-29-27)26(33)31-21-12-10-20(11-13-21)30-25-16-7-18-4-1-2-6-24(18)32-25/h1-9,14-17,20-21H,10-13H2,(H,30,32)(H,31,33). The van der Waals surface area contributed by atoms with Crippen molar-refractivity contribution in [2.45, 2.75) is 37.8 Å². The number of benzene rings is 2. The molecule has 0 bridgehead atoms. The van der Waals surface area contributed by atoms with Crippen molar-refractivity contribution in [1.29, 1.82) is 0 Å². The Balaban J connectivity index is 1.17. The molecule has 1 aliphatic rings. The number of nitrogens with one attached hydrogen (secondary N) is 2. The normalized spacial score (nSPS) is 17.8. The molecule has 5 rings (SSSR count).